The molecule has 3 aromatic rings. The minimum atomic E-state index is -2.07. The van der Waals surface area contributed by atoms with Crippen LogP contribution in [0, 0.1) is 0 Å². The molecule has 1 aliphatic heterocycles. The minimum absolute atomic E-state index is 0.0142. The Kier molecular flexibility index (Phi) is 6.91. The third kappa shape index (κ3) is 4.84. The standard InChI is InChI=1S/C27H28O6/c28-25(29)24-27(31,17-21-12-6-2-7-13-21)26(30,16-20-10-4-1-5-11-20)23(33-24)19-32-18-22-14-8-3-9-15-22/h1-15,23-24,30-31H,16-19H2,(H,28,29)/t23-,24+,26-,27-/m1/s1. The number of carbonyl (C=O) groups is 1. The van der Waals surface area contributed by atoms with Crippen LogP contribution in [0.3, 0.4) is 0 Å². The summed E-state index contributed by atoms with van der Waals surface area (Å²) >= 11 is 0. The van der Waals surface area contributed by atoms with Gasteiger partial charge in [0.1, 0.15) is 17.3 Å². The number of hydrogen-bond donors (Lipinski definition) is 3. The molecule has 0 saturated carbocycles. The van der Waals surface area contributed by atoms with Crippen molar-refractivity contribution in [2.24, 2.45) is 0 Å². The van der Waals surface area contributed by atoms with Crippen molar-refractivity contribution in [2.75, 3.05) is 6.61 Å². The number of aliphatic carboxylic acids is 1. The summed E-state index contributed by atoms with van der Waals surface area (Å²) in [5.41, 5.74) is -1.57. The quantitative estimate of drug-likeness (QED) is 0.466. The van der Waals surface area contributed by atoms with Crippen LogP contribution in [0.5, 0.6) is 0 Å². The van der Waals surface area contributed by atoms with Gasteiger partial charge in [-0.2, -0.15) is 0 Å². The largest absolute Gasteiger partial charge is 0.479 e. The summed E-state index contributed by atoms with van der Waals surface area (Å²) in [5, 5.41) is 33.7. The minimum Gasteiger partial charge on any atom is -0.479 e. The van der Waals surface area contributed by atoms with Crippen LogP contribution < -0.4 is 0 Å². The Bertz CT molecular complexity index is 1040. The number of benzene rings is 3. The average Bonchev–Trinajstić information content (AvgIpc) is 3.02. The zero-order valence-electron chi connectivity index (χ0n) is 18.2. The number of ether oxygens (including phenoxy) is 2. The van der Waals surface area contributed by atoms with Gasteiger partial charge in [-0.25, -0.2) is 4.79 Å². The van der Waals surface area contributed by atoms with E-state index in [2.05, 4.69) is 0 Å². The van der Waals surface area contributed by atoms with Gasteiger partial charge in [-0.05, 0) is 16.7 Å². The molecule has 1 aliphatic rings. The van der Waals surface area contributed by atoms with E-state index in [4.69, 9.17) is 9.47 Å². The fourth-order valence-electron chi connectivity index (χ4n) is 4.52. The Balaban J connectivity index is 1.65. The van der Waals surface area contributed by atoms with Crippen LogP contribution in [0.4, 0.5) is 0 Å². The van der Waals surface area contributed by atoms with Crippen molar-refractivity contribution in [1.82, 2.24) is 0 Å². The maximum atomic E-state index is 12.2. The van der Waals surface area contributed by atoms with Gasteiger partial charge in [-0.15, -0.1) is 0 Å². The second kappa shape index (κ2) is 9.85. The van der Waals surface area contributed by atoms with Gasteiger partial charge in [0, 0.05) is 12.8 Å². The fourth-order valence-corrected chi connectivity index (χ4v) is 4.52. The van der Waals surface area contributed by atoms with Crippen LogP contribution in [0.2, 0.25) is 0 Å². The first kappa shape index (κ1) is 23.1. The number of carboxylic acids is 1. The van der Waals surface area contributed by atoms with Crippen molar-refractivity contribution in [3.63, 3.8) is 0 Å². The average molecular weight is 449 g/mol. The van der Waals surface area contributed by atoms with Crippen LogP contribution in [-0.2, 0) is 33.7 Å². The predicted molar refractivity (Wildman–Crippen MR) is 123 cm³/mol. The molecule has 0 radical (unpaired) electrons. The van der Waals surface area contributed by atoms with Crippen molar-refractivity contribution in [2.45, 2.75) is 42.9 Å². The Labute approximate surface area is 193 Å². The van der Waals surface area contributed by atoms with Gasteiger partial charge >= 0.3 is 5.97 Å². The van der Waals surface area contributed by atoms with Gasteiger partial charge in [0.25, 0.3) is 0 Å². The zero-order valence-corrected chi connectivity index (χ0v) is 18.2. The summed E-state index contributed by atoms with van der Waals surface area (Å²) in [6.45, 7) is 0.204. The van der Waals surface area contributed by atoms with E-state index in [-0.39, 0.29) is 26.1 Å². The summed E-state index contributed by atoms with van der Waals surface area (Å²) in [6.07, 6.45) is -2.73. The monoisotopic (exact) mass is 448 g/mol. The highest BCUT2D eigenvalue weighted by atomic mass is 16.6. The lowest BCUT2D eigenvalue weighted by Crippen LogP contribution is -2.63. The van der Waals surface area contributed by atoms with Crippen molar-refractivity contribution in [3.05, 3.63) is 108 Å². The van der Waals surface area contributed by atoms with Crippen molar-refractivity contribution >= 4 is 5.97 Å². The first-order valence-electron chi connectivity index (χ1n) is 10.9. The topological polar surface area (TPSA) is 96.2 Å². The molecule has 172 valence electrons. The second-order valence-electron chi connectivity index (χ2n) is 8.52. The van der Waals surface area contributed by atoms with Crippen molar-refractivity contribution in [1.29, 1.82) is 0 Å². The van der Waals surface area contributed by atoms with Gasteiger partial charge in [0.05, 0.1) is 13.2 Å². The smallest absolute Gasteiger partial charge is 0.336 e. The molecule has 4 atom stereocenters. The molecular formula is C27H28O6. The van der Waals surface area contributed by atoms with Crippen LogP contribution in [0.25, 0.3) is 0 Å². The van der Waals surface area contributed by atoms with Crippen molar-refractivity contribution < 1.29 is 29.6 Å². The van der Waals surface area contributed by atoms with E-state index >= 15 is 0 Å². The van der Waals surface area contributed by atoms with Gasteiger partial charge < -0.3 is 24.8 Å². The molecule has 3 N–H and O–H groups in total. The molecule has 4 rings (SSSR count). The third-order valence-electron chi connectivity index (χ3n) is 6.25. The Morgan fingerprint density at radius 2 is 1.21 bits per heavy atom. The molecular weight excluding hydrogens is 420 g/mol. The van der Waals surface area contributed by atoms with E-state index in [1.165, 1.54) is 0 Å². The highest BCUT2D eigenvalue weighted by Crippen LogP contribution is 2.44. The number of rotatable bonds is 9. The SMILES string of the molecule is O=C(O)[C@@H]1O[C@H](COCc2ccccc2)[C@](O)(Cc2ccccc2)[C@@]1(O)Cc1ccccc1. The Morgan fingerprint density at radius 1 is 0.758 bits per heavy atom. The molecule has 6 heteroatoms. The summed E-state index contributed by atoms with van der Waals surface area (Å²) in [7, 11) is 0. The number of hydrogen-bond acceptors (Lipinski definition) is 5. The highest BCUT2D eigenvalue weighted by Gasteiger charge is 2.67. The molecule has 0 spiro atoms. The van der Waals surface area contributed by atoms with E-state index in [1.54, 1.807) is 24.3 Å². The maximum absolute atomic E-state index is 12.2. The van der Waals surface area contributed by atoms with Crippen LogP contribution in [-0.4, -0.2) is 51.3 Å². The van der Waals surface area contributed by atoms with Gasteiger partial charge in [0.15, 0.2) is 6.10 Å². The maximum Gasteiger partial charge on any atom is 0.336 e. The van der Waals surface area contributed by atoms with Gasteiger partial charge in [-0.1, -0.05) is 91.0 Å². The molecule has 33 heavy (non-hydrogen) atoms. The highest BCUT2D eigenvalue weighted by molar-refractivity contribution is 5.75. The molecule has 0 aliphatic carbocycles. The summed E-state index contributed by atoms with van der Waals surface area (Å²) in [6, 6.07) is 27.7. The number of aliphatic hydroxyl groups is 2. The van der Waals surface area contributed by atoms with E-state index in [0.29, 0.717) is 5.56 Å². The molecule has 0 unspecified atom stereocenters. The first-order valence-corrected chi connectivity index (χ1v) is 10.9. The molecule has 1 saturated heterocycles. The van der Waals surface area contributed by atoms with Gasteiger partial charge in [0.2, 0.25) is 0 Å². The summed E-state index contributed by atoms with van der Waals surface area (Å²) in [4.78, 5) is 12.2. The predicted octanol–water partition coefficient (Wildman–Crippen LogP) is 3.00. The summed E-state index contributed by atoms with van der Waals surface area (Å²) in [5.74, 6) is -1.33. The van der Waals surface area contributed by atoms with Crippen LogP contribution >= 0.6 is 0 Å². The van der Waals surface area contributed by atoms with E-state index < -0.39 is 29.4 Å². The lowest BCUT2D eigenvalue weighted by Gasteiger charge is -2.40. The van der Waals surface area contributed by atoms with Crippen LogP contribution in [0.15, 0.2) is 91.0 Å². The molecule has 3 aromatic carbocycles. The molecule has 0 aromatic heterocycles. The first-order chi connectivity index (χ1) is 15.9. The van der Waals surface area contributed by atoms with E-state index in [9.17, 15) is 20.1 Å². The molecule has 0 bridgehead atoms. The van der Waals surface area contributed by atoms with E-state index in [0.717, 1.165) is 11.1 Å². The lowest BCUT2D eigenvalue weighted by atomic mass is 9.71. The van der Waals surface area contributed by atoms with Gasteiger partial charge in [-0.3, -0.25) is 0 Å². The van der Waals surface area contributed by atoms with E-state index in [1.807, 2.05) is 66.7 Å². The lowest BCUT2D eigenvalue weighted by molar-refractivity contribution is -0.169. The third-order valence-corrected chi connectivity index (χ3v) is 6.25. The second-order valence-corrected chi connectivity index (χ2v) is 8.52. The van der Waals surface area contributed by atoms with Crippen molar-refractivity contribution in [3.8, 4) is 0 Å². The normalized spacial score (nSPS) is 26.8. The molecule has 0 amide bonds. The number of carboxylic acid groups (broad SMARTS) is 1. The Morgan fingerprint density at radius 3 is 1.70 bits per heavy atom. The molecule has 1 heterocycles. The molecule has 6 nitrogen and oxygen atoms in total. The molecule has 1 fully saturated rings. The fraction of sp³-hybridized carbons (Fsp3) is 0.296. The zero-order chi connectivity index (χ0) is 23.3. The van der Waals surface area contributed by atoms with Crippen LogP contribution in [0.1, 0.15) is 16.7 Å². The summed E-state index contributed by atoms with van der Waals surface area (Å²) < 4.78 is 11.6. The Hall–Kier alpha value is -3.03.